The Bertz CT molecular complexity index is 677. The molecule has 2 aromatic rings. The van der Waals surface area contributed by atoms with Crippen molar-refractivity contribution in [3.05, 3.63) is 66.6 Å². The minimum Gasteiger partial charge on any atom is -0.279 e. The molecule has 1 radical (unpaired) electrons. The van der Waals surface area contributed by atoms with Crippen molar-refractivity contribution in [3.8, 4) is 0 Å². The van der Waals surface area contributed by atoms with Crippen molar-refractivity contribution in [2.24, 2.45) is 0 Å². The summed E-state index contributed by atoms with van der Waals surface area (Å²) < 4.78 is 52.8. The molecule has 0 amide bonds. The van der Waals surface area contributed by atoms with Crippen LogP contribution in [0.15, 0.2) is 47.4 Å². The van der Waals surface area contributed by atoms with Gasteiger partial charge in [-0.25, -0.2) is 17.2 Å². The van der Waals surface area contributed by atoms with Gasteiger partial charge in [-0.3, -0.25) is 4.72 Å². The molecule has 0 fully saturated rings. The number of rotatable bonds is 3. The number of nitrogens with one attached hydrogen (secondary N) is 1. The minimum absolute atomic E-state index is 0.204. The van der Waals surface area contributed by atoms with Crippen LogP contribution in [0.3, 0.4) is 0 Å². The number of halogens is 2. The van der Waals surface area contributed by atoms with Gasteiger partial charge in [-0.15, -0.1) is 0 Å². The average Bonchev–Trinajstić information content (AvgIpc) is 2.31. The van der Waals surface area contributed by atoms with E-state index in [9.17, 15) is 17.2 Å². The number of anilines is 1. The SMILES string of the molecule is [CH2]c1ccc(NS(=O)(=O)c2c(F)cccc2F)cc1. The summed E-state index contributed by atoms with van der Waals surface area (Å²) >= 11 is 0. The van der Waals surface area contributed by atoms with Crippen molar-refractivity contribution in [2.75, 3.05) is 4.72 Å². The molecular weight excluding hydrogens is 272 g/mol. The summed E-state index contributed by atoms with van der Waals surface area (Å²) in [6.45, 7) is 3.65. The van der Waals surface area contributed by atoms with Crippen molar-refractivity contribution >= 4 is 15.7 Å². The lowest BCUT2D eigenvalue weighted by molar-refractivity contribution is 0.521. The van der Waals surface area contributed by atoms with Crippen LogP contribution >= 0.6 is 0 Å². The smallest absolute Gasteiger partial charge is 0.267 e. The van der Waals surface area contributed by atoms with Crippen LogP contribution in [0.1, 0.15) is 5.56 Å². The van der Waals surface area contributed by atoms with E-state index in [1.54, 1.807) is 12.1 Å². The fourth-order valence-corrected chi connectivity index (χ4v) is 2.72. The number of benzene rings is 2. The Kier molecular flexibility index (Phi) is 3.53. The van der Waals surface area contributed by atoms with Gasteiger partial charge in [0, 0.05) is 5.69 Å². The molecule has 2 aromatic carbocycles. The van der Waals surface area contributed by atoms with Crippen LogP contribution in [0.2, 0.25) is 0 Å². The predicted octanol–water partition coefficient (Wildman–Crippen LogP) is 2.95. The van der Waals surface area contributed by atoms with E-state index in [0.29, 0.717) is 5.56 Å². The Labute approximate surface area is 109 Å². The molecule has 0 bridgehead atoms. The van der Waals surface area contributed by atoms with Gasteiger partial charge in [0.15, 0.2) is 4.90 Å². The third kappa shape index (κ3) is 2.90. The van der Waals surface area contributed by atoms with Gasteiger partial charge in [-0.2, -0.15) is 0 Å². The summed E-state index contributed by atoms with van der Waals surface area (Å²) in [5.41, 5.74) is 0.898. The maximum atomic E-state index is 13.4. The number of hydrogen-bond donors (Lipinski definition) is 1. The summed E-state index contributed by atoms with van der Waals surface area (Å²) in [5.74, 6) is -2.28. The second kappa shape index (κ2) is 4.97. The van der Waals surface area contributed by atoms with Gasteiger partial charge in [0.1, 0.15) is 11.6 Å². The first-order valence-electron chi connectivity index (χ1n) is 5.29. The van der Waals surface area contributed by atoms with Crippen LogP contribution in [0, 0.1) is 18.6 Å². The van der Waals surface area contributed by atoms with E-state index < -0.39 is 26.6 Å². The lowest BCUT2D eigenvalue weighted by Gasteiger charge is -2.09. The number of sulfonamides is 1. The summed E-state index contributed by atoms with van der Waals surface area (Å²) in [6, 6.07) is 8.94. The first-order chi connectivity index (χ1) is 8.90. The van der Waals surface area contributed by atoms with Crippen LogP contribution in [-0.2, 0) is 10.0 Å². The Morgan fingerprint density at radius 2 is 1.47 bits per heavy atom. The van der Waals surface area contributed by atoms with E-state index in [-0.39, 0.29) is 5.69 Å². The lowest BCUT2D eigenvalue weighted by atomic mass is 10.2. The van der Waals surface area contributed by atoms with Gasteiger partial charge < -0.3 is 0 Å². The summed E-state index contributed by atoms with van der Waals surface area (Å²) in [5, 5.41) is 0. The Morgan fingerprint density at radius 1 is 0.947 bits per heavy atom. The standard InChI is InChI=1S/C13H10F2NO2S/c1-9-5-7-10(8-6-9)16-19(17,18)13-11(14)3-2-4-12(13)15/h2-8,16H,1H2. The Balaban J connectivity index is 2.41. The van der Waals surface area contributed by atoms with Crippen molar-refractivity contribution in [1.29, 1.82) is 0 Å². The largest absolute Gasteiger partial charge is 0.279 e. The second-order valence-corrected chi connectivity index (χ2v) is 5.47. The molecule has 2 rings (SSSR count). The third-order valence-corrected chi connectivity index (χ3v) is 3.83. The Morgan fingerprint density at radius 3 is 2.00 bits per heavy atom. The molecule has 0 aliphatic rings. The highest BCUT2D eigenvalue weighted by Gasteiger charge is 2.23. The molecule has 0 atom stereocenters. The highest BCUT2D eigenvalue weighted by molar-refractivity contribution is 7.92. The fourth-order valence-electron chi connectivity index (χ4n) is 1.52. The fraction of sp³-hybridized carbons (Fsp3) is 0. The normalized spacial score (nSPS) is 11.3. The molecule has 0 spiro atoms. The van der Waals surface area contributed by atoms with Gasteiger partial charge in [0.25, 0.3) is 10.0 Å². The molecule has 0 saturated heterocycles. The van der Waals surface area contributed by atoms with E-state index in [0.717, 1.165) is 18.2 Å². The van der Waals surface area contributed by atoms with Gasteiger partial charge >= 0.3 is 0 Å². The zero-order valence-electron chi connectivity index (χ0n) is 9.73. The zero-order chi connectivity index (χ0) is 14.0. The van der Waals surface area contributed by atoms with Crippen LogP contribution in [-0.4, -0.2) is 8.42 Å². The van der Waals surface area contributed by atoms with Crippen molar-refractivity contribution in [1.82, 2.24) is 0 Å². The van der Waals surface area contributed by atoms with Crippen LogP contribution in [0.5, 0.6) is 0 Å². The van der Waals surface area contributed by atoms with E-state index in [1.807, 2.05) is 0 Å². The molecular formula is C13H10F2NO2S. The van der Waals surface area contributed by atoms with Gasteiger partial charge in [0.2, 0.25) is 0 Å². The molecule has 0 aliphatic heterocycles. The maximum Gasteiger partial charge on any atom is 0.267 e. The molecule has 1 N–H and O–H groups in total. The molecule has 99 valence electrons. The van der Waals surface area contributed by atoms with E-state index in [4.69, 9.17) is 0 Å². The average molecular weight is 282 g/mol. The van der Waals surface area contributed by atoms with Crippen LogP contribution < -0.4 is 4.72 Å². The van der Waals surface area contributed by atoms with E-state index in [1.165, 1.54) is 12.1 Å². The quantitative estimate of drug-likeness (QED) is 0.940. The lowest BCUT2D eigenvalue weighted by Crippen LogP contribution is -2.16. The molecule has 6 heteroatoms. The monoisotopic (exact) mass is 282 g/mol. The van der Waals surface area contributed by atoms with Crippen molar-refractivity contribution in [3.63, 3.8) is 0 Å². The highest BCUT2D eigenvalue weighted by atomic mass is 32.2. The highest BCUT2D eigenvalue weighted by Crippen LogP contribution is 2.21. The molecule has 0 heterocycles. The summed E-state index contributed by atoms with van der Waals surface area (Å²) in [7, 11) is -4.31. The van der Waals surface area contributed by atoms with Crippen LogP contribution in [0.25, 0.3) is 0 Å². The molecule has 0 saturated carbocycles. The van der Waals surface area contributed by atoms with Crippen LogP contribution in [0.4, 0.5) is 14.5 Å². The molecule has 0 aromatic heterocycles. The zero-order valence-corrected chi connectivity index (χ0v) is 10.5. The van der Waals surface area contributed by atoms with Crippen molar-refractivity contribution in [2.45, 2.75) is 4.90 Å². The first kappa shape index (κ1) is 13.5. The molecule has 19 heavy (non-hydrogen) atoms. The van der Waals surface area contributed by atoms with E-state index >= 15 is 0 Å². The van der Waals surface area contributed by atoms with Gasteiger partial charge in [0.05, 0.1) is 0 Å². The minimum atomic E-state index is -4.31. The summed E-state index contributed by atoms with van der Waals surface area (Å²) in [4.78, 5) is -0.992. The first-order valence-corrected chi connectivity index (χ1v) is 6.77. The van der Waals surface area contributed by atoms with E-state index in [2.05, 4.69) is 11.6 Å². The Hall–Kier alpha value is -1.95. The van der Waals surface area contributed by atoms with Crippen molar-refractivity contribution < 1.29 is 17.2 Å². The molecule has 0 aliphatic carbocycles. The topological polar surface area (TPSA) is 46.2 Å². The maximum absolute atomic E-state index is 13.4. The number of hydrogen-bond acceptors (Lipinski definition) is 2. The molecule has 3 nitrogen and oxygen atoms in total. The predicted molar refractivity (Wildman–Crippen MR) is 68.1 cm³/mol. The second-order valence-electron chi connectivity index (χ2n) is 3.85. The van der Waals surface area contributed by atoms with Gasteiger partial charge in [-0.1, -0.05) is 18.2 Å². The summed E-state index contributed by atoms with van der Waals surface area (Å²) in [6.07, 6.45) is 0. The van der Waals surface area contributed by atoms with Gasteiger partial charge in [-0.05, 0) is 36.8 Å². The third-order valence-electron chi connectivity index (χ3n) is 2.39. The molecule has 0 unspecified atom stereocenters.